The Balaban J connectivity index is 1.57. The molecule has 5 rings (SSSR count). The van der Waals surface area contributed by atoms with Gasteiger partial charge in [0.05, 0.1) is 11.7 Å². The molecule has 154 valence electrons. The van der Waals surface area contributed by atoms with Gasteiger partial charge in [-0.3, -0.25) is 0 Å². The number of phenols is 1. The second-order valence-corrected chi connectivity index (χ2v) is 9.88. The molecule has 3 aliphatic rings. The Kier molecular flexibility index (Phi) is 4.34. The van der Waals surface area contributed by atoms with Crippen LogP contribution in [0.25, 0.3) is 0 Å². The molecule has 0 aromatic heterocycles. The largest absolute Gasteiger partial charge is 0.508 e. The summed E-state index contributed by atoms with van der Waals surface area (Å²) in [5.74, 6) is 1.69. The van der Waals surface area contributed by atoms with Crippen molar-refractivity contribution in [2.45, 2.75) is 63.6 Å². The fraction of sp³-hybridized carbons (Fsp3) is 0.538. The number of aliphatic hydroxyl groups is 1. The van der Waals surface area contributed by atoms with Crippen LogP contribution in [0.2, 0.25) is 0 Å². The summed E-state index contributed by atoms with van der Waals surface area (Å²) in [6, 6.07) is 14.3. The van der Waals surface area contributed by atoms with Gasteiger partial charge in [0, 0.05) is 18.4 Å². The third kappa shape index (κ3) is 2.63. The minimum Gasteiger partial charge on any atom is -0.508 e. The fourth-order valence-electron chi connectivity index (χ4n) is 7.15. The molecule has 0 heterocycles. The first-order valence-electron chi connectivity index (χ1n) is 11.0. The Labute approximate surface area is 173 Å². The smallest absolute Gasteiger partial charge is 0.115 e. The van der Waals surface area contributed by atoms with E-state index in [0.717, 1.165) is 37.7 Å². The van der Waals surface area contributed by atoms with Crippen molar-refractivity contribution in [2.24, 2.45) is 17.3 Å². The molecule has 0 amide bonds. The predicted octanol–water partition coefficient (Wildman–Crippen LogP) is 5.07. The van der Waals surface area contributed by atoms with E-state index in [2.05, 4.69) is 44.2 Å². The molecule has 0 bridgehead atoms. The maximum absolute atomic E-state index is 12.1. The lowest BCUT2D eigenvalue weighted by Gasteiger charge is -2.56. The summed E-state index contributed by atoms with van der Waals surface area (Å²) in [5.41, 5.74) is 3.90. The zero-order chi connectivity index (χ0) is 20.4. The van der Waals surface area contributed by atoms with Gasteiger partial charge in [0.15, 0.2) is 0 Å². The lowest BCUT2D eigenvalue weighted by molar-refractivity contribution is -0.145. The van der Waals surface area contributed by atoms with Crippen molar-refractivity contribution in [3.8, 4) is 5.75 Å². The van der Waals surface area contributed by atoms with Crippen LogP contribution < -0.4 is 0 Å². The van der Waals surface area contributed by atoms with Gasteiger partial charge in [-0.2, -0.15) is 0 Å². The zero-order valence-electron chi connectivity index (χ0n) is 17.7. The van der Waals surface area contributed by atoms with Crippen molar-refractivity contribution in [3.05, 3.63) is 64.7 Å². The molecule has 2 N–H and O–H groups in total. The van der Waals surface area contributed by atoms with Gasteiger partial charge in [0.1, 0.15) is 5.75 Å². The summed E-state index contributed by atoms with van der Waals surface area (Å²) in [7, 11) is 1.82. The predicted molar refractivity (Wildman–Crippen MR) is 114 cm³/mol. The molecule has 0 spiro atoms. The first-order valence-corrected chi connectivity index (χ1v) is 11.0. The zero-order valence-corrected chi connectivity index (χ0v) is 17.7. The number of benzene rings is 2. The average Bonchev–Trinajstić information content (AvgIpc) is 2.99. The molecular weight excluding hydrogens is 360 g/mol. The van der Waals surface area contributed by atoms with E-state index in [-0.39, 0.29) is 11.5 Å². The van der Waals surface area contributed by atoms with Crippen LogP contribution in [-0.2, 0) is 16.8 Å². The quantitative estimate of drug-likeness (QED) is 0.750. The van der Waals surface area contributed by atoms with Gasteiger partial charge < -0.3 is 14.9 Å². The minimum atomic E-state index is -0.803. The van der Waals surface area contributed by atoms with Gasteiger partial charge in [-0.25, -0.2) is 0 Å². The molecule has 3 nitrogen and oxygen atoms in total. The third-order valence-corrected chi connectivity index (χ3v) is 8.65. The van der Waals surface area contributed by atoms with Gasteiger partial charge in [-0.05, 0) is 79.7 Å². The maximum Gasteiger partial charge on any atom is 0.115 e. The van der Waals surface area contributed by atoms with E-state index >= 15 is 0 Å². The highest BCUT2D eigenvalue weighted by Gasteiger charge is 2.64. The number of aryl methyl sites for hydroxylation is 2. The van der Waals surface area contributed by atoms with Gasteiger partial charge in [0.2, 0.25) is 0 Å². The van der Waals surface area contributed by atoms with Crippen molar-refractivity contribution in [1.29, 1.82) is 0 Å². The van der Waals surface area contributed by atoms with Gasteiger partial charge in [-0.15, -0.1) is 0 Å². The highest BCUT2D eigenvalue weighted by atomic mass is 16.5. The van der Waals surface area contributed by atoms with Gasteiger partial charge in [0.25, 0.3) is 0 Å². The number of phenolic OH excluding ortho intramolecular Hbond substituents is 1. The number of hydrogen-bond donors (Lipinski definition) is 2. The van der Waals surface area contributed by atoms with Crippen LogP contribution in [0.3, 0.4) is 0 Å². The second-order valence-electron chi connectivity index (χ2n) is 9.88. The van der Waals surface area contributed by atoms with Gasteiger partial charge >= 0.3 is 0 Å². The molecule has 0 aliphatic heterocycles. The van der Waals surface area contributed by atoms with E-state index in [0.29, 0.717) is 23.5 Å². The van der Waals surface area contributed by atoms with Crippen LogP contribution in [0.15, 0.2) is 42.5 Å². The maximum atomic E-state index is 12.1. The summed E-state index contributed by atoms with van der Waals surface area (Å²) < 4.78 is 6.10. The molecule has 6 atom stereocenters. The fourth-order valence-corrected chi connectivity index (χ4v) is 7.15. The average molecular weight is 393 g/mol. The van der Waals surface area contributed by atoms with E-state index in [1.54, 1.807) is 0 Å². The summed E-state index contributed by atoms with van der Waals surface area (Å²) in [6.07, 6.45) is 4.92. The second kappa shape index (κ2) is 6.58. The summed E-state index contributed by atoms with van der Waals surface area (Å²) >= 11 is 0. The Bertz CT molecular complexity index is 920. The molecule has 2 fully saturated rings. The minimum absolute atomic E-state index is 0.0833. The molecule has 3 aliphatic carbocycles. The molecular formula is C26H32O3. The van der Waals surface area contributed by atoms with Crippen molar-refractivity contribution < 1.29 is 14.9 Å². The number of aromatic hydroxyl groups is 1. The number of fused-ring (bicyclic) bond motifs is 5. The number of rotatable bonds is 2. The Morgan fingerprint density at radius 1 is 1.07 bits per heavy atom. The Hall–Kier alpha value is -1.84. The van der Waals surface area contributed by atoms with Crippen LogP contribution in [0, 0.1) is 24.2 Å². The van der Waals surface area contributed by atoms with E-state index in [4.69, 9.17) is 4.74 Å². The van der Waals surface area contributed by atoms with E-state index in [1.165, 1.54) is 16.7 Å². The molecule has 29 heavy (non-hydrogen) atoms. The monoisotopic (exact) mass is 392 g/mol. The lowest BCUT2D eigenvalue weighted by Crippen LogP contribution is -2.54. The molecule has 0 radical (unpaired) electrons. The standard InChI is InChI=1S/C26H32O3/c1-16-4-7-18(8-5-16)26(28)13-12-22-21-10-6-17-14-19(27)9-11-20(17)24(21)23(29-3)15-25(22,26)2/h4-5,7-9,11,14,21-24,27-28H,6,10,12-13,15H2,1-3H3/t21?,22?,23?,24?,25-,26+/m0/s1. The summed E-state index contributed by atoms with van der Waals surface area (Å²) in [6.45, 7) is 4.40. The first-order chi connectivity index (χ1) is 13.9. The number of hydrogen-bond acceptors (Lipinski definition) is 3. The molecule has 4 unspecified atom stereocenters. The molecule has 2 aromatic carbocycles. The van der Waals surface area contributed by atoms with Crippen molar-refractivity contribution in [2.75, 3.05) is 7.11 Å². The van der Waals surface area contributed by atoms with Gasteiger partial charge in [-0.1, -0.05) is 42.8 Å². The highest BCUT2D eigenvalue weighted by molar-refractivity contribution is 5.42. The highest BCUT2D eigenvalue weighted by Crippen LogP contribution is 2.67. The van der Waals surface area contributed by atoms with E-state index in [1.807, 2.05) is 19.2 Å². The van der Waals surface area contributed by atoms with E-state index < -0.39 is 5.60 Å². The van der Waals surface area contributed by atoms with Crippen LogP contribution in [0.4, 0.5) is 0 Å². The SMILES string of the molecule is COC1C[C@@]2(C)C(CC[C@@]2(O)c2ccc(C)cc2)C2CCc3cc(O)ccc3C12. The van der Waals surface area contributed by atoms with Crippen molar-refractivity contribution >= 4 is 0 Å². The molecule has 3 heteroatoms. The lowest BCUT2D eigenvalue weighted by atomic mass is 9.51. The summed E-state index contributed by atoms with van der Waals surface area (Å²) in [5, 5.41) is 22.0. The first kappa shape index (κ1) is 19.1. The van der Waals surface area contributed by atoms with Crippen LogP contribution >= 0.6 is 0 Å². The molecule has 2 aromatic rings. The Morgan fingerprint density at radius 3 is 2.55 bits per heavy atom. The Morgan fingerprint density at radius 2 is 1.83 bits per heavy atom. The normalized spacial score (nSPS) is 38.2. The molecule has 2 saturated carbocycles. The van der Waals surface area contributed by atoms with E-state index in [9.17, 15) is 10.2 Å². The van der Waals surface area contributed by atoms with Crippen molar-refractivity contribution in [3.63, 3.8) is 0 Å². The van der Waals surface area contributed by atoms with Crippen molar-refractivity contribution in [1.82, 2.24) is 0 Å². The van der Waals surface area contributed by atoms with Crippen LogP contribution in [0.1, 0.15) is 60.8 Å². The van der Waals surface area contributed by atoms with Crippen LogP contribution in [-0.4, -0.2) is 23.4 Å². The van der Waals surface area contributed by atoms with Crippen LogP contribution in [0.5, 0.6) is 5.75 Å². The number of methoxy groups -OCH3 is 1. The topological polar surface area (TPSA) is 49.7 Å². The summed E-state index contributed by atoms with van der Waals surface area (Å²) in [4.78, 5) is 0. The molecule has 0 saturated heterocycles. The number of ether oxygens (including phenoxy) is 1. The third-order valence-electron chi connectivity index (χ3n) is 8.65.